The molecule has 0 unspecified atom stereocenters. The zero-order chi connectivity index (χ0) is 7.98. The minimum absolute atomic E-state index is 1.00. The number of rotatable bonds is 3. The van der Waals surface area contributed by atoms with Gasteiger partial charge in [0.15, 0.2) is 0 Å². The Balaban J connectivity index is 3.86. The number of allylic oxidation sites excluding steroid dienone is 1. The molecule has 0 aliphatic heterocycles. The van der Waals surface area contributed by atoms with Gasteiger partial charge < -0.3 is 4.90 Å². The highest BCUT2D eigenvalue weighted by Gasteiger charge is 1.85. The molecular weight excluding hydrogens is 124 g/mol. The SMILES string of the molecule is CCC(/C=C\N(C)C)=NC. The molecule has 0 radical (unpaired) electrons. The molecule has 0 amide bonds. The first-order valence-electron chi connectivity index (χ1n) is 3.51. The summed E-state index contributed by atoms with van der Waals surface area (Å²) in [5, 5.41) is 0. The normalized spacial score (nSPS) is 12.6. The molecule has 2 heteroatoms. The summed E-state index contributed by atoms with van der Waals surface area (Å²) in [6, 6.07) is 0. The monoisotopic (exact) mass is 140 g/mol. The lowest BCUT2D eigenvalue weighted by atomic mass is 10.3. The van der Waals surface area contributed by atoms with Crippen LogP contribution in [0.2, 0.25) is 0 Å². The summed E-state index contributed by atoms with van der Waals surface area (Å²) >= 11 is 0. The summed E-state index contributed by atoms with van der Waals surface area (Å²) in [4.78, 5) is 6.08. The van der Waals surface area contributed by atoms with Crippen LogP contribution in [0.15, 0.2) is 17.3 Å². The van der Waals surface area contributed by atoms with Crippen molar-refractivity contribution < 1.29 is 0 Å². The molecule has 0 heterocycles. The minimum Gasteiger partial charge on any atom is -0.383 e. The van der Waals surface area contributed by atoms with Crippen LogP contribution in [-0.2, 0) is 0 Å². The van der Waals surface area contributed by atoms with Crippen molar-refractivity contribution in [2.75, 3.05) is 21.1 Å². The van der Waals surface area contributed by atoms with Gasteiger partial charge in [0.2, 0.25) is 0 Å². The van der Waals surface area contributed by atoms with Gasteiger partial charge in [0.1, 0.15) is 0 Å². The van der Waals surface area contributed by atoms with E-state index in [-0.39, 0.29) is 0 Å². The van der Waals surface area contributed by atoms with E-state index in [0.29, 0.717) is 0 Å². The summed E-state index contributed by atoms with van der Waals surface area (Å²) in [7, 11) is 5.82. The van der Waals surface area contributed by atoms with E-state index in [1.165, 1.54) is 0 Å². The largest absolute Gasteiger partial charge is 0.383 e. The summed E-state index contributed by atoms with van der Waals surface area (Å²) in [6.45, 7) is 2.10. The van der Waals surface area contributed by atoms with Gasteiger partial charge in [-0.25, -0.2) is 0 Å². The van der Waals surface area contributed by atoms with Gasteiger partial charge in [-0.3, -0.25) is 4.99 Å². The molecule has 0 spiro atoms. The van der Waals surface area contributed by atoms with Crippen molar-refractivity contribution in [1.29, 1.82) is 0 Å². The van der Waals surface area contributed by atoms with Gasteiger partial charge in [-0.15, -0.1) is 0 Å². The Bertz CT molecular complexity index is 134. The highest BCUT2D eigenvalue weighted by molar-refractivity contribution is 5.94. The topological polar surface area (TPSA) is 15.6 Å². The highest BCUT2D eigenvalue weighted by Crippen LogP contribution is 1.88. The van der Waals surface area contributed by atoms with E-state index in [0.717, 1.165) is 12.1 Å². The van der Waals surface area contributed by atoms with Crippen LogP contribution in [0.25, 0.3) is 0 Å². The number of hydrogen-bond donors (Lipinski definition) is 0. The van der Waals surface area contributed by atoms with E-state index < -0.39 is 0 Å². The van der Waals surface area contributed by atoms with Crippen molar-refractivity contribution in [3.8, 4) is 0 Å². The molecule has 0 saturated carbocycles. The van der Waals surface area contributed by atoms with E-state index in [2.05, 4.69) is 11.9 Å². The second-order valence-corrected chi connectivity index (χ2v) is 2.35. The Kier molecular flexibility index (Phi) is 4.63. The third-order valence-corrected chi connectivity index (χ3v) is 1.21. The average Bonchev–Trinajstić information content (AvgIpc) is 1.90. The van der Waals surface area contributed by atoms with E-state index in [1.54, 1.807) is 0 Å². The number of hydrogen-bond acceptors (Lipinski definition) is 2. The third-order valence-electron chi connectivity index (χ3n) is 1.21. The maximum atomic E-state index is 4.08. The molecule has 0 aliphatic carbocycles. The molecule has 0 N–H and O–H groups in total. The van der Waals surface area contributed by atoms with Crippen molar-refractivity contribution in [3.63, 3.8) is 0 Å². The molecule has 2 nitrogen and oxygen atoms in total. The van der Waals surface area contributed by atoms with Crippen molar-refractivity contribution in [2.45, 2.75) is 13.3 Å². The zero-order valence-corrected chi connectivity index (χ0v) is 7.26. The lowest BCUT2D eigenvalue weighted by Crippen LogP contribution is -2.02. The molecule has 0 atom stereocenters. The standard InChI is InChI=1S/C8H16N2/c1-5-8(9-2)6-7-10(3)4/h6-7H,5H2,1-4H3/b7-6-,9-8?. The van der Waals surface area contributed by atoms with Gasteiger partial charge in [-0.1, -0.05) is 6.92 Å². The molecule has 0 aromatic heterocycles. The third kappa shape index (κ3) is 4.13. The quantitative estimate of drug-likeness (QED) is 0.543. The first kappa shape index (κ1) is 9.21. The Hall–Kier alpha value is -0.790. The smallest absolute Gasteiger partial charge is 0.0356 e. The Morgan fingerprint density at radius 3 is 2.40 bits per heavy atom. The fourth-order valence-corrected chi connectivity index (χ4v) is 0.586. The van der Waals surface area contributed by atoms with E-state index in [9.17, 15) is 0 Å². The van der Waals surface area contributed by atoms with Crippen molar-refractivity contribution in [2.24, 2.45) is 4.99 Å². The predicted octanol–water partition coefficient (Wildman–Crippen LogP) is 1.54. The van der Waals surface area contributed by atoms with Crippen molar-refractivity contribution >= 4 is 5.71 Å². The van der Waals surface area contributed by atoms with Gasteiger partial charge in [-0.05, 0) is 12.5 Å². The Morgan fingerprint density at radius 1 is 1.50 bits per heavy atom. The fourth-order valence-electron chi connectivity index (χ4n) is 0.586. The zero-order valence-electron chi connectivity index (χ0n) is 7.26. The van der Waals surface area contributed by atoms with Crippen molar-refractivity contribution in [3.05, 3.63) is 12.3 Å². The van der Waals surface area contributed by atoms with Gasteiger partial charge in [-0.2, -0.15) is 0 Å². The summed E-state index contributed by atoms with van der Waals surface area (Å²) < 4.78 is 0. The van der Waals surface area contributed by atoms with Crippen LogP contribution in [0.4, 0.5) is 0 Å². The average molecular weight is 140 g/mol. The minimum atomic E-state index is 1.00. The van der Waals surface area contributed by atoms with E-state index in [4.69, 9.17) is 0 Å². The first-order chi connectivity index (χ1) is 4.70. The van der Waals surface area contributed by atoms with Crippen LogP contribution in [0.1, 0.15) is 13.3 Å². The summed E-state index contributed by atoms with van der Waals surface area (Å²) in [6.07, 6.45) is 5.03. The second kappa shape index (κ2) is 5.03. The lowest BCUT2D eigenvalue weighted by Gasteiger charge is -2.02. The molecule has 10 heavy (non-hydrogen) atoms. The molecular formula is C8H16N2. The highest BCUT2D eigenvalue weighted by atomic mass is 15.0. The van der Waals surface area contributed by atoms with Crippen LogP contribution < -0.4 is 0 Å². The van der Waals surface area contributed by atoms with Crippen LogP contribution in [-0.4, -0.2) is 31.8 Å². The van der Waals surface area contributed by atoms with Crippen LogP contribution >= 0.6 is 0 Å². The Morgan fingerprint density at radius 2 is 2.10 bits per heavy atom. The molecule has 0 aromatic carbocycles. The molecule has 0 aliphatic rings. The molecule has 0 bridgehead atoms. The van der Waals surface area contributed by atoms with Gasteiger partial charge in [0.05, 0.1) is 0 Å². The Labute approximate surface area is 63.3 Å². The van der Waals surface area contributed by atoms with Crippen LogP contribution in [0, 0.1) is 0 Å². The van der Waals surface area contributed by atoms with Gasteiger partial charge >= 0.3 is 0 Å². The maximum Gasteiger partial charge on any atom is 0.0356 e. The number of aliphatic imine (C=N–C) groups is 1. The molecule has 0 rings (SSSR count). The van der Waals surface area contributed by atoms with Crippen LogP contribution in [0.3, 0.4) is 0 Å². The molecule has 0 aromatic rings. The number of nitrogens with zero attached hydrogens (tertiary/aromatic N) is 2. The van der Waals surface area contributed by atoms with E-state index >= 15 is 0 Å². The predicted molar refractivity (Wildman–Crippen MR) is 46.5 cm³/mol. The van der Waals surface area contributed by atoms with Crippen molar-refractivity contribution in [1.82, 2.24) is 4.90 Å². The molecule has 58 valence electrons. The maximum absolute atomic E-state index is 4.08. The lowest BCUT2D eigenvalue weighted by molar-refractivity contribution is 0.564. The van der Waals surface area contributed by atoms with Gasteiger partial charge in [0.25, 0.3) is 0 Å². The summed E-state index contributed by atoms with van der Waals surface area (Å²) in [5.41, 5.74) is 1.13. The summed E-state index contributed by atoms with van der Waals surface area (Å²) in [5.74, 6) is 0. The van der Waals surface area contributed by atoms with Crippen LogP contribution in [0.5, 0.6) is 0 Å². The van der Waals surface area contributed by atoms with E-state index in [1.807, 2.05) is 38.3 Å². The first-order valence-corrected chi connectivity index (χ1v) is 3.51. The second-order valence-electron chi connectivity index (χ2n) is 2.35. The molecule has 0 fully saturated rings. The fraction of sp³-hybridized carbons (Fsp3) is 0.625. The molecule has 0 saturated heterocycles. The van der Waals surface area contributed by atoms with Gasteiger partial charge in [0, 0.05) is 33.1 Å².